The van der Waals surface area contributed by atoms with Gasteiger partial charge in [0.1, 0.15) is 29.7 Å². The van der Waals surface area contributed by atoms with Crippen LogP contribution >= 0.6 is 0 Å². The fraction of sp³-hybridized carbons (Fsp3) is 0.333. The number of hydrogen-bond acceptors (Lipinski definition) is 6. The van der Waals surface area contributed by atoms with Crippen molar-refractivity contribution in [3.8, 4) is 6.07 Å². The fourth-order valence-corrected chi connectivity index (χ4v) is 2.44. The number of pyridine rings is 1. The molecule has 0 atom stereocenters. The van der Waals surface area contributed by atoms with Gasteiger partial charge in [-0.15, -0.1) is 0 Å². The molecule has 1 aliphatic heterocycles. The van der Waals surface area contributed by atoms with Gasteiger partial charge in [-0.3, -0.25) is 0 Å². The van der Waals surface area contributed by atoms with E-state index in [1.807, 2.05) is 25.1 Å². The highest BCUT2D eigenvalue weighted by Gasteiger charge is 2.19. The van der Waals surface area contributed by atoms with Crippen LogP contribution in [0.2, 0.25) is 0 Å². The summed E-state index contributed by atoms with van der Waals surface area (Å²) in [6.07, 6.45) is 1.61. The molecule has 0 N–H and O–H groups in total. The van der Waals surface area contributed by atoms with Crippen molar-refractivity contribution in [1.82, 2.24) is 15.0 Å². The monoisotopic (exact) mass is 280 g/mol. The van der Waals surface area contributed by atoms with Gasteiger partial charge in [0.05, 0.1) is 0 Å². The molecule has 0 spiro atoms. The average molecular weight is 280 g/mol. The number of aromatic nitrogens is 3. The Morgan fingerprint density at radius 3 is 2.43 bits per heavy atom. The molecule has 0 aliphatic carbocycles. The molecule has 0 radical (unpaired) electrons. The van der Waals surface area contributed by atoms with Gasteiger partial charge >= 0.3 is 0 Å². The minimum atomic E-state index is 0.460. The molecule has 1 fully saturated rings. The maximum atomic E-state index is 8.92. The van der Waals surface area contributed by atoms with E-state index < -0.39 is 0 Å². The maximum Gasteiger partial charge on any atom is 0.142 e. The van der Waals surface area contributed by atoms with Crippen LogP contribution in [-0.2, 0) is 0 Å². The molecule has 1 aliphatic rings. The van der Waals surface area contributed by atoms with Gasteiger partial charge in [-0.2, -0.15) is 5.26 Å². The summed E-state index contributed by atoms with van der Waals surface area (Å²) in [4.78, 5) is 17.3. The normalized spacial score (nSPS) is 14.9. The summed E-state index contributed by atoms with van der Waals surface area (Å²) in [6, 6.07) is 9.64. The van der Waals surface area contributed by atoms with Crippen molar-refractivity contribution < 1.29 is 0 Å². The van der Waals surface area contributed by atoms with Crippen molar-refractivity contribution in [3.63, 3.8) is 0 Å². The van der Waals surface area contributed by atoms with Crippen molar-refractivity contribution in [2.45, 2.75) is 6.92 Å². The highest BCUT2D eigenvalue weighted by atomic mass is 15.3. The Morgan fingerprint density at radius 1 is 1.05 bits per heavy atom. The van der Waals surface area contributed by atoms with Gasteiger partial charge in [-0.1, -0.05) is 6.07 Å². The van der Waals surface area contributed by atoms with E-state index in [0.29, 0.717) is 5.69 Å². The molecular weight excluding hydrogens is 264 g/mol. The van der Waals surface area contributed by atoms with Crippen LogP contribution in [0, 0.1) is 18.3 Å². The van der Waals surface area contributed by atoms with Crippen LogP contribution in [0.3, 0.4) is 0 Å². The van der Waals surface area contributed by atoms with E-state index in [0.717, 1.165) is 43.5 Å². The molecule has 0 unspecified atom stereocenters. The third-order valence-electron chi connectivity index (χ3n) is 3.57. The number of nitriles is 1. The molecule has 0 aromatic carbocycles. The van der Waals surface area contributed by atoms with Gasteiger partial charge in [0, 0.05) is 37.9 Å². The van der Waals surface area contributed by atoms with Crippen LogP contribution in [0.25, 0.3) is 0 Å². The number of piperazine rings is 1. The summed E-state index contributed by atoms with van der Waals surface area (Å²) in [5.74, 6) is 1.84. The molecule has 0 amide bonds. The second kappa shape index (κ2) is 5.75. The highest BCUT2D eigenvalue weighted by molar-refractivity contribution is 5.46. The predicted octanol–water partition coefficient (Wildman–Crippen LogP) is 1.38. The topological polar surface area (TPSA) is 68.9 Å². The molecule has 6 heteroatoms. The van der Waals surface area contributed by atoms with E-state index in [4.69, 9.17) is 5.26 Å². The van der Waals surface area contributed by atoms with Gasteiger partial charge in [0.2, 0.25) is 0 Å². The quantitative estimate of drug-likeness (QED) is 0.827. The van der Waals surface area contributed by atoms with Gasteiger partial charge in [0.15, 0.2) is 0 Å². The van der Waals surface area contributed by atoms with Crippen molar-refractivity contribution in [3.05, 3.63) is 42.0 Å². The molecule has 0 bridgehead atoms. The lowest BCUT2D eigenvalue weighted by Gasteiger charge is -2.36. The van der Waals surface area contributed by atoms with E-state index in [1.165, 1.54) is 0 Å². The molecule has 0 saturated carbocycles. The van der Waals surface area contributed by atoms with Crippen LogP contribution in [0.5, 0.6) is 0 Å². The molecule has 2 aromatic heterocycles. The first kappa shape index (κ1) is 13.3. The summed E-state index contributed by atoms with van der Waals surface area (Å²) < 4.78 is 0. The minimum absolute atomic E-state index is 0.460. The van der Waals surface area contributed by atoms with Gasteiger partial charge in [-0.25, -0.2) is 15.0 Å². The predicted molar refractivity (Wildman–Crippen MR) is 80.1 cm³/mol. The Labute approximate surface area is 123 Å². The van der Waals surface area contributed by atoms with Gasteiger partial charge in [0.25, 0.3) is 0 Å². The van der Waals surface area contributed by atoms with Crippen molar-refractivity contribution in [1.29, 1.82) is 5.26 Å². The van der Waals surface area contributed by atoms with Crippen molar-refractivity contribution >= 4 is 11.6 Å². The molecule has 6 nitrogen and oxygen atoms in total. The van der Waals surface area contributed by atoms with E-state index in [-0.39, 0.29) is 0 Å². The fourth-order valence-electron chi connectivity index (χ4n) is 2.44. The SMILES string of the molecule is Cc1cc(N2CCN(c3cccc(C#N)n3)CC2)ncn1. The zero-order valence-electron chi connectivity index (χ0n) is 11.9. The Morgan fingerprint density at radius 2 is 1.76 bits per heavy atom. The number of rotatable bonds is 2. The Bertz CT molecular complexity index is 670. The summed E-state index contributed by atoms with van der Waals surface area (Å²) in [5, 5.41) is 8.92. The van der Waals surface area contributed by atoms with Crippen LogP contribution in [0.4, 0.5) is 11.6 Å². The largest absolute Gasteiger partial charge is 0.353 e. The zero-order valence-corrected chi connectivity index (χ0v) is 11.9. The second-order valence-corrected chi connectivity index (χ2v) is 4.98. The lowest BCUT2D eigenvalue weighted by atomic mass is 10.2. The molecule has 3 rings (SSSR count). The molecule has 21 heavy (non-hydrogen) atoms. The van der Waals surface area contributed by atoms with Crippen LogP contribution in [-0.4, -0.2) is 41.1 Å². The van der Waals surface area contributed by atoms with E-state index >= 15 is 0 Å². The second-order valence-electron chi connectivity index (χ2n) is 4.98. The highest BCUT2D eigenvalue weighted by Crippen LogP contribution is 2.17. The van der Waals surface area contributed by atoms with Crippen molar-refractivity contribution in [2.75, 3.05) is 36.0 Å². The van der Waals surface area contributed by atoms with Crippen molar-refractivity contribution in [2.24, 2.45) is 0 Å². The van der Waals surface area contributed by atoms with Gasteiger partial charge in [-0.05, 0) is 19.1 Å². The Balaban J connectivity index is 1.69. The molecular formula is C15H16N6. The lowest BCUT2D eigenvalue weighted by molar-refractivity contribution is 0.640. The van der Waals surface area contributed by atoms with E-state index in [1.54, 1.807) is 12.4 Å². The lowest BCUT2D eigenvalue weighted by Crippen LogP contribution is -2.47. The first-order valence-electron chi connectivity index (χ1n) is 6.92. The molecule has 1 saturated heterocycles. The molecule has 2 aromatic rings. The smallest absolute Gasteiger partial charge is 0.142 e. The van der Waals surface area contributed by atoms with E-state index in [2.05, 4.69) is 30.8 Å². The average Bonchev–Trinajstić information content (AvgIpc) is 2.55. The van der Waals surface area contributed by atoms with Crippen LogP contribution in [0.15, 0.2) is 30.6 Å². The number of nitrogens with zero attached hydrogens (tertiary/aromatic N) is 6. The summed E-state index contributed by atoms with van der Waals surface area (Å²) >= 11 is 0. The third-order valence-corrected chi connectivity index (χ3v) is 3.57. The van der Waals surface area contributed by atoms with E-state index in [9.17, 15) is 0 Å². The Hall–Kier alpha value is -2.68. The van der Waals surface area contributed by atoms with Crippen LogP contribution in [0.1, 0.15) is 11.4 Å². The summed E-state index contributed by atoms with van der Waals surface area (Å²) in [7, 11) is 0. The third kappa shape index (κ3) is 2.92. The first-order chi connectivity index (χ1) is 10.3. The summed E-state index contributed by atoms with van der Waals surface area (Å²) in [6.45, 7) is 5.47. The minimum Gasteiger partial charge on any atom is -0.353 e. The number of hydrogen-bond donors (Lipinski definition) is 0. The zero-order chi connectivity index (χ0) is 14.7. The number of anilines is 2. The Kier molecular flexibility index (Phi) is 3.65. The molecule has 3 heterocycles. The first-order valence-corrected chi connectivity index (χ1v) is 6.92. The van der Waals surface area contributed by atoms with Gasteiger partial charge < -0.3 is 9.80 Å². The number of aryl methyl sites for hydroxylation is 1. The standard InChI is InChI=1S/C15H16N6/c1-12-9-15(18-11-17-12)21-7-5-20(6-8-21)14-4-2-3-13(10-16)19-14/h2-4,9,11H,5-8H2,1H3. The molecule has 106 valence electrons. The maximum absolute atomic E-state index is 8.92. The summed E-state index contributed by atoms with van der Waals surface area (Å²) in [5.41, 5.74) is 1.44. The van der Waals surface area contributed by atoms with Crippen LogP contribution < -0.4 is 9.80 Å².